The Balaban J connectivity index is 2.34. The fourth-order valence-corrected chi connectivity index (χ4v) is 2.75. The molecule has 18 heavy (non-hydrogen) atoms. The summed E-state index contributed by atoms with van der Waals surface area (Å²) < 4.78 is 7.81. The van der Waals surface area contributed by atoms with Crippen LogP contribution in [0.2, 0.25) is 0 Å². The van der Waals surface area contributed by atoms with Crippen molar-refractivity contribution in [3.8, 4) is 11.5 Å². The minimum atomic E-state index is -0.0598. The van der Waals surface area contributed by atoms with Crippen molar-refractivity contribution in [1.29, 1.82) is 0 Å². The Hall–Kier alpha value is -0.840. The van der Waals surface area contributed by atoms with E-state index in [0.717, 1.165) is 26.0 Å². The number of nitrogens with two attached hydrogens (primary N) is 1. The Labute approximate surface area is 123 Å². The maximum atomic E-state index is 5.93. The molecule has 0 fully saturated rings. The van der Waals surface area contributed by atoms with Gasteiger partial charge >= 0.3 is 0 Å². The standard InChI is InChI=1S/C14H13Br2NO/c1-9(17)11-4-2-3-5-13(11)18-14-7-6-10(15)8-12(14)16/h2-9H,17H2,1H3/t9-/m1/s1. The zero-order chi connectivity index (χ0) is 13.1. The first-order valence-corrected chi connectivity index (χ1v) is 7.14. The molecule has 0 saturated heterocycles. The summed E-state index contributed by atoms with van der Waals surface area (Å²) >= 11 is 6.89. The monoisotopic (exact) mass is 369 g/mol. The summed E-state index contributed by atoms with van der Waals surface area (Å²) in [4.78, 5) is 0. The molecule has 0 saturated carbocycles. The Morgan fingerprint density at radius 1 is 1.06 bits per heavy atom. The lowest BCUT2D eigenvalue weighted by molar-refractivity contribution is 0.469. The van der Waals surface area contributed by atoms with Gasteiger partial charge in [0.2, 0.25) is 0 Å². The molecule has 0 heterocycles. The van der Waals surface area contributed by atoms with Crippen LogP contribution in [-0.2, 0) is 0 Å². The highest BCUT2D eigenvalue weighted by molar-refractivity contribution is 9.11. The Kier molecular flexibility index (Phi) is 4.43. The maximum Gasteiger partial charge on any atom is 0.141 e. The van der Waals surface area contributed by atoms with Crippen LogP contribution in [0, 0.1) is 0 Å². The number of benzene rings is 2. The molecule has 0 spiro atoms. The molecule has 0 bridgehead atoms. The van der Waals surface area contributed by atoms with Crippen LogP contribution >= 0.6 is 31.9 Å². The van der Waals surface area contributed by atoms with Gasteiger partial charge in [-0.3, -0.25) is 0 Å². The SMILES string of the molecule is C[C@@H](N)c1ccccc1Oc1ccc(Br)cc1Br. The summed E-state index contributed by atoms with van der Waals surface area (Å²) in [5, 5.41) is 0. The van der Waals surface area contributed by atoms with Crippen molar-refractivity contribution < 1.29 is 4.74 Å². The van der Waals surface area contributed by atoms with Gasteiger partial charge in [-0.05, 0) is 47.1 Å². The number of hydrogen-bond donors (Lipinski definition) is 1. The van der Waals surface area contributed by atoms with E-state index in [0.29, 0.717) is 0 Å². The van der Waals surface area contributed by atoms with Crippen molar-refractivity contribution in [2.75, 3.05) is 0 Å². The summed E-state index contributed by atoms with van der Waals surface area (Å²) in [6.07, 6.45) is 0. The van der Waals surface area contributed by atoms with Gasteiger partial charge < -0.3 is 10.5 Å². The first kappa shape index (κ1) is 13.6. The number of halogens is 2. The molecule has 2 aromatic rings. The minimum Gasteiger partial charge on any atom is -0.456 e. The lowest BCUT2D eigenvalue weighted by Crippen LogP contribution is -2.06. The number of para-hydroxylation sites is 1. The van der Waals surface area contributed by atoms with E-state index in [4.69, 9.17) is 10.5 Å². The van der Waals surface area contributed by atoms with Crippen LogP contribution in [0.1, 0.15) is 18.5 Å². The van der Waals surface area contributed by atoms with Crippen molar-refractivity contribution in [1.82, 2.24) is 0 Å². The Morgan fingerprint density at radius 2 is 1.78 bits per heavy atom. The molecule has 94 valence electrons. The van der Waals surface area contributed by atoms with Gasteiger partial charge in [0.25, 0.3) is 0 Å². The van der Waals surface area contributed by atoms with Gasteiger partial charge in [-0.1, -0.05) is 34.1 Å². The summed E-state index contributed by atoms with van der Waals surface area (Å²) in [7, 11) is 0. The number of hydrogen-bond acceptors (Lipinski definition) is 2. The highest BCUT2D eigenvalue weighted by Crippen LogP contribution is 2.34. The molecule has 2 rings (SSSR count). The van der Waals surface area contributed by atoms with E-state index in [1.54, 1.807) is 0 Å². The fourth-order valence-electron chi connectivity index (χ4n) is 1.63. The van der Waals surface area contributed by atoms with Gasteiger partial charge in [0, 0.05) is 16.1 Å². The second kappa shape index (κ2) is 5.87. The summed E-state index contributed by atoms with van der Waals surface area (Å²) in [5.41, 5.74) is 6.92. The third-order valence-corrected chi connectivity index (χ3v) is 3.64. The van der Waals surface area contributed by atoms with E-state index < -0.39 is 0 Å². The van der Waals surface area contributed by atoms with Crippen molar-refractivity contribution in [2.24, 2.45) is 5.73 Å². The quantitative estimate of drug-likeness (QED) is 0.822. The number of ether oxygens (including phenoxy) is 1. The minimum absolute atomic E-state index is 0.0598. The first-order valence-electron chi connectivity index (χ1n) is 5.55. The zero-order valence-electron chi connectivity index (χ0n) is 9.86. The van der Waals surface area contributed by atoms with Gasteiger partial charge in [-0.25, -0.2) is 0 Å². The fraction of sp³-hybridized carbons (Fsp3) is 0.143. The third-order valence-electron chi connectivity index (χ3n) is 2.52. The predicted octanol–water partition coefficient (Wildman–Crippen LogP) is 5.02. The van der Waals surface area contributed by atoms with Crippen LogP contribution in [0.25, 0.3) is 0 Å². The molecule has 1 atom stereocenters. The molecule has 2 N–H and O–H groups in total. The largest absolute Gasteiger partial charge is 0.456 e. The second-order valence-electron chi connectivity index (χ2n) is 4.00. The van der Waals surface area contributed by atoms with Gasteiger partial charge in [0.05, 0.1) is 4.47 Å². The van der Waals surface area contributed by atoms with Crippen LogP contribution in [-0.4, -0.2) is 0 Å². The van der Waals surface area contributed by atoms with E-state index >= 15 is 0 Å². The smallest absolute Gasteiger partial charge is 0.141 e. The van der Waals surface area contributed by atoms with Crippen molar-refractivity contribution in [3.05, 3.63) is 57.0 Å². The topological polar surface area (TPSA) is 35.2 Å². The third kappa shape index (κ3) is 3.13. The van der Waals surface area contributed by atoms with Crippen molar-refractivity contribution in [2.45, 2.75) is 13.0 Å². The van der Waals surface area contributed by atoms with Crippen LogP contribution in [0.3, 0.4) is 0 Å². The van der Waals surface area contributed by atoms with Gasteiger partial charge in [-0.2, -0.15) is 0 Å². The highest BCUT2D eigenvalue weighted by Gasteiger charge is 2.09. The van der Waals surface area contributed by atoms with Crippen molar-refractivity contribution >= 4 is 31.9 Å². The molecule has 2 aromatic carbocycles. The van der Waals surface area contributed by atoms with E-state index in [2.05, 4.69) is 31.9 Å². The normalized spacial score (nSPS) is 12.2. The van der Waals surface area contributed by atoms with Crippen LogP contribution in [0.4, 0.5) is 0 Å². The summed E-state index contributed by atoms with van der Waals surface area (Å²) in [6.45, 7) is 1.94. The molecule has 0 radical (unpaired) electrons. The molecule has 2 nitrogen and oxygen atoms in total. The Bertz CT molecular complexity index is 555. The average molecular weight is 371 g/mol. The molecule has 0 aliphatic rings. The predicted molar refractivity (Wildman–Crippen MR) is 81.0 cm³/mol. The molecule has 0 unspecified atom stereocenters. The van der Waals surface area contributed by atoms with Crippen LogP contribution in [0.5, 0.6) is 11.5 Å². The molecule has 0 aliphatic heterocycles. The second-order valence-corrected chi connectivity index (χ2v) is 5.77. The molecular weight excluding hydrogens is 358 g/mol. The van der Waals surface area contributed by atoms with Crippen LogP contribution in [0.15, 0.2) is 51.4 Å². The first-order chi connectivity index (χ1) is 8.58. The zero-order valence-corrected chi connectivity index (χ0v) is 13.0. The molecule has 0 amide bonds. The molecular formula is C14H13Br2NO. The number of rotatable bonds is 3. The molecule has 4 heteroatoms. The highest BCUT2D eigenvalue weighted by atomic mass is 79.9. The van der Waals surface area contributed by atoms with E-state index in [9.17, 15) is 0 Å². The average Bonchev–Trinajstić information content (AvgIpc) is 2.33. The van der Waals surface area contributed by atoms with Crippen molar-refractivity contribution in [3.63, 3.8) is 0 Å². The van der Waals surface area contributed by atoms with E-state index in [1.807, 2.05) is 49.4 Å². The lowest BCUT2D eigenvalue weighted by atomic mass is 10.1. The van der Waals surface area contributed by atoms with Gasteiger partial charge in [-0.15, -0.1) is 0 Å². The van der Waals surface area contributed by atoms with Gasteiger partial charge in [0.15, 0.2) is 0 Å². The van der Waals surface area contributed by atoms with E-state index in [1.165, 1.54) is 0 Å². The Morgan fingerprint density at radius 3 is 2.44 bits per heavy atom. The molecule has 0 aliphatic carbocycles. The maximum absolute atomic E-state index is 5.93. The van der Waals surface area contributed by atoms with Crippen LogP contribution < -0.4 is 10.5 Å². The summed E-state index contributed by atoms with van der Waals surface area (Å²) in [5.74, 6) is 1.56. The van der Waals surface area contributed by atoms with E-state index in [-0.39, 0.29) is 6.04 Å². The lowest BCUT2D eigenvalue weighted by Gasteiger charge is -2.14. The molecule has 0 aromatic heterocycles. The van der Waals surface area contributed by atoms with Gasteiger partial charge in [0.1, 0.15) is 11.5 Å². The summed E-state index contributed by atoms with van der Waals surface area (Å²) in [6, 6.07) is 13.5.